The molecule has 2 aromatic rings. The van der Waals surface area contributed by atoms with Gasteiger partial charge in [-0.3, -0.25) is 0 Å². The van der Waals surface area contributed by atoms with E-state index in [9.17, 15) is 0 Å². The summed E-state index contributed by atoms with van der Waals surface area (Å²) in [5.41, 5.74) is 3.92. The standard InChI is InChI=1S/C32H46S/c1-25(2)29(5)19-13-21-31(23-29,27-15-9-7-10-16-27)33-32(28-17-11-8-12-18-28)22-14-20-30(6,24-32)26(3)4/h7-12,15-18,25-26H,13-14,19-24H2,1-6H3. The molecule has 0 radical (unpaired) electrons. The monoisotopic (exact) mass is 462 g/mol. The molecule has 2 saturated carbocycles. The van der Waals surface area contributed by atoms with Crippen LogP contribution >= 0.6 is 11.8 Å². The summed E-state index contributed by atoms with van der Waals surface area (Å²) in [5.74, 6) is 1.42. The molecule has 4 rings (SSSR count). The second-order valence-corrected chi connectivity index (χ2v) is 14.3. The predicted octanol–water partition coefficient (Wildman–Crippen LogP) is 9.98. The number of benzene rings is 2. The maximum absolute atomic E-state index is 2.57. The number of hydrogen-bond acceptors (Lipinski definition) is 1. The lowest BCUT2D eigenvalue weighted by Gasteiger charge is -2.55. The van der Waals surface area contributed by atoms with Gasteiger partial charge in [0.25, 0.3) is 0 Å². The molecule has 2 fully saturated rings. The fourth-order valence-corrected chi connectivity index (χ4v) is 9.39. The molecular formula is C32H46S. The van der Waals surface area contributed by atoms with E-state index in [4.69, 9.17) is 0 Å². The fraction of sp³-hybridized carbons (Fsp3) is 0.625. The number of thioether (sulfide) groups is 1. The number of hydrogen-bond donors (Lipinski definition) is 0. The molecule has 0 amide bonds. The van der Waals surface area contributed by atoms with Crippen molar-refractivity contribution in [1.82, 2.24) is 0 Å². The Hall–Kier alpha value is -1.21. The van der Waals surface area contributed by atoms with E-state index in [0.717, 1.165) is 0 Å². The van der Waals surface area contributed by atoms with Gasteiger partial charge in [0.15, 0.2) is 0 Å². The third-order valence-corrected chi connectivity index (χ3v) is 11.8. The van der Waals surface area contributed by atoms with Gasteiger partial charge in [0.1, 0.15) is 0 Å². The van der Waals surface area contributed by atoms with Crippen molar-refractivity contribution in [2.45, 2.75) is 102 Å². The minimum Gasteiger partial charge on any atom is -0.139 e. The zero-order valence-corrected chi connectivity index (χ0v) is 22.8. The van der Waals surface area contributed by atoms with E-state index in [1.807, 2.05) is 0 Å². The minimum atomic E-state index is 0.184. The van der Waals surface area contributed by atoms with Crippen LogP contribution in [-0.4, -0.2) is 0 Å². The Morgan fingerprint density at radius 1 is 0.576 bits per heavy atom. The lowest BCUT2D eigenvalue weighted by molar-refractivity contribution is 0.105. The van der Waals surface area contributed by atoms with Gasteiger partial charge in [-0.1, -0.05) is 115 Å². The highest BCUT2D eigenvalue weighted by Gasteiger charge is 2.53. The Labute approximate surface area is 208 Å². The highest BCUT2D eigenvalue weighted by molar-refractivity contribution is 8.01. The van der Waals surface area contributed by atoms with E-state index in [-0.39, 0.29) is 9.49 Å². The van der Waals surface area contributed by atoms with Crippen LogP contribution in [0.25, 0.3) is 0 Å². The Kier molecular flexibility index (Phi) is 7.13. The van der Waals surface area contributed by atoms with E-state index >= 15 is 0 Å². The van der Waals surface area contributed by atoms with Crippen molar-refractivity contribution in [3.63, 3.8) is 0 Å². The number of rotatable bonds is 6. The van der Waals surface area contributed by atoms with Crippen LogP contribution in [0.15, 0.2) is 60.7 Å². The van der Waals surface area contributed by atoms with Crippen LogP contribution in [0.4, 0.5) is 0 Å². The minimum absolute atomic E-state index is 0.184. The third-order valence-electron chi connectivity index (χ3n) is 9.81. The average Bonchev–Trinajstić information content (AvgIpc) is 2.80. The molecular weight excluding hydrogens is 416 g/mol. The van der Waals surface area contributed by atoms with Gasteiger partial charge in [0, 0.05) is 9.49 Å². The van der Waals surface area contributed by atoms with E-state index in [2.05, 4.69) is 114 Å². The Morgan fingerprint density at radius 3 is 1.27 bits per heavy atom. The summed E-state index contributed by atoms with van der Waals surface area (Å²) >= 11 is 2.38. The fourth-order valence-electron chi connectivity index (χ4n) is 6.84. The van der Waals surface area contributed by atoms with E-state index in [0.29, 0.717) is 22.7 Å². The molecule has 2 aromatic carbocycles. The molecule has 0 aliphatic heterocycles. The van der Waals surface area contributed by atoms with E-state index in [1.165, 1.54) is 51.4 Å². The van der Waals surface area contributed by atoms with Crippen LogP contribution in [0.2, 0.25) is 0 Å². The predicted molar refractivity (Wildman–Crippen MR) is 147 cm³/mol. The first-order chi connectivity index (χ1) is 15.6. The summed E-state index contributed by atoms with van der Waals surface area (Å²) in [5, 5.41) is 0. The molecule has 4 unspecified atom stereocenters. The van der Waals surface area contributed by atoms with Crippen molar-refractivity contribution >= 4 is 11.8 Å². The summed E-state index contributed by atoms with van der Waals surface area (Å²) in [4.78, 5) is 0. The average molecular weight is 463 g/mol. The van der Waals surface area contributed by atoms with Gasteiger partial charge < -0.3 is 0 Å². The van der Waals surface area contributed by atoms with Gasteiger partial charge in [-0.05, 0) is 72.3 Å². The van der Waals surface area contributed by atoms with Crippen LogP contribution in [-0.2, 0) is 9.49 Å². The molecule has 0 N–H and O–H groups in total. The van der Waals surface area contributed by atoms with Crippen molar-refractivity contribution in [3.8, 4) is 0 Å². The normalized spacial score (nSPS) is 35.2. The van der Waals surface area contributed by atoms with E-state index in [1.54, 1.807) is 11.1 Å². The molecule has 180 valence electrons. The quantitative estimate of drug-likeness (QED) is 0.411. The van der Waals surface area contributed by atoms with Crippen molar-refractivity contribution in [1.29, 1.82) is 0 Å². The summed E-state index contributed by atoms with van der Waals surface area (Å²) in [6.45, 7) is 15.0. The van der Waals surface area contributed by atoms with Gasteiger partial charge in [0.2, 0.25) is 0 Å². The van der Waals surface area contributed by atoms with Crippen LogP contribution in [0.1, 0.15) is 104 Å². The molecule has 0 nitrogen and oxygen atoms in total. The Morgan fingerprint density at radius 2 is 0.939 bits per heavy atom. The first kappa shape index (κ1) is 24.9. The maximum Gasteiger partial charge on any atom is 0.0422 e. The van der Waals surface area contributed by atoms with Crippen molar-refractivity contribution in [2.75, 3.05) is 0 Å². The van der Waals surface area contributed by atoms with Crippen LogP contribution < -0.4 is 0 Å². The summed E-state index contributed by atoms with van der Waals surface area (Å²) in [7, 11) is 0. The summed E-state index contributed by atoms with van der Waals surface area (Å²) in [6, 6.07) is 23.2. The first-order valence-electron chi connectivity index (χ1n) is 13.4. The van der Waals surface area contributed by atoms with Gasteiger partial charge in [-0.2, -0.15) is 0 Å². The molecule has 33 heavy (non-hydrogen) atoms. The second kappa shape index (κ2) is 9.44. The van der Waals surface area contributed by atoms with Gasteiger partial charge in [-0.15, -0.1) is 11.8 Å². The summed E-state index contributed by atoms with van der Waals surface area (Å²) in [6.07, 6.45) is 10.6. The second-order valence-electron chi connectivity index (χ2n) is 12.5. The lowest BCUT2D eigenvalue weighted by Crippen LogP contribution is -2.45. The van der Waals surface area contributed by atoms with E-state index < -0.39 is 0 Å². The SMILES string of the molecule is CC(C)C1(C)CCCC(SC2(c3ccccc3)CCCC(C)(C(C)C)C2)(c2ccccc2)C1. The van der Waals surface area contributed by atoms with Gasteiger partial charge >= 0.3 is 0 Å². The molecule has 0 spiro atoms. The highest BCUT2D eigenvalue weighted by Crippen LogP contribution is 2.66. The lowest BCUT2D eigenvalue weighted by atomic mass is 9.63. The summed E-state index contributed by atoms with van der Waals surface area (Å²) < 4.78 is 0.368. The topological polar surface area (TPSA) is 0 Å². The maximum atomic E-state index is 2.57. The van der Waals surface area contributed by atoms with Crippen molar-refractivity contribution < 1.29 is 0 Å². The molecule has 0 saturated heterocycles. The molecule has 4 atom stereocenters. The van der Waals surface area contributed by atoms with Crippen LogP contribution in [0.3, 0.4) is 0 Å². The molecule has 0 bridgehead atoms. The first-order valence-corrected chi connectivity index (χ1v) is 14.3. The molecule has 2 aliphatic carbocycles. The molecule has 0 aromatic heterocycles. The van der Waals surface area contributed by atoms with Crippen LogP contribution in [0, 0.1) is 22.7 Å². The van der Waals surface area contributed by atoms with Crippen LogP contribution in [0.5, 0.6) is 0 Å². The van der Waals surface area contributed by atoms with Crippen molar-refractivity contribution in [3.05, 3.63) is 71.8 Å². The van der Waals surface area contributed by atoms with Crippen molar-refractivity contribution in [2.24, 2.45) is 22.7 Å². The molecule has 1 heteroatoms. The highest BCUT2D eigenvalue weighted by atomic mass is 32.2. The molecule has 2 aliphatic rings. The smallest absolute Gasteiger partial charge is 0.0422 e. The zero-order valence-electron chi connectivity index (χ0n) is 22.0. The van der Waals surface area contributed by atoms with Gasteiger partial charge in [0.05, 0.1) is 0 Å². The third kappa shape index (κ3) is 4.82. The largest absolute Gasteiger partial charge is 0.139 e. The van der Waals surface area contributed by atoms with Gasteiger partial charge in [-0.25, -0.2) is 0 Å². The Bertz CT molecular complexity index is 827. The molecule has 0 heterocycles. The zero-order chi connectivity index (χ0) is 23.7. The Balaban J connectivity index is 1.84.